The third-order valence-electron chi connectivity index (χ3n) is 6.03. The predicted octanol–water partition coefficient (Wildman–Crippen LogP) is 5.95. The fraction of sp³-hybridized carbons (Fsp3) is 0.385. The van der Waals surface area contributed by atoms with Gasteiger partial charge >= 0.3 is 5.97 Å². The van der Waals surface area contributed by atoms with Crippen LogP contribution in [0.5, 0.6) is 0 Å². The van der Waals surface area contributed by atoms with E-state index in [4.69, 9.17) is 16.3 Å². The molecule has 0 unspecified atom stereocenters. The van der Waals surface area contributed by atoms with Gasteiger partial charge in [-0.2, -0.15) is 0 Å². The number of carbonyl (C=O) groups excluding carboxylic acids is 2. The average molecular weight is 545 g/mol. The molecule has 1 aromatic carbocycles. The van der Waals surface area contributed by atoms with Crippen LogP contribution >= 0.6 is 34.7 Å². The van der Waals surface area contributed by atoms with Crippen LogP contribution in [0, 0.1) is 0 Å². The highest BCUT2D eigenvalue weighted by molar-refractivity contribution is 7.99. The number of ether oxygens (including phenoxy) is 1. The van der Waals surface area contributed by atoms with E-state index in [1.165, 1.54) is 41.5 Å². The maximum atomic E-state index is 12.9. The summed E-state index contributed by atoms with van der Waals surface area (Å²) < 4.78 is 7.01. The number of thioether (sulfide) groups is 1. The van der Waals surface area contributed by atoms with Crippen LogP contribution < -0.4 is 5.32 Å². The highest BCUT2D eigenvalue weighted by atomic mass is 35.5. The molecule has 1 N–H and O–H groups in total. The van der Waals surface area contributed by atoms with Gasteiger partial charge in [-0.25, -0.2) is 4.79 Å². The fourth-order valence-corrected chi connectivity index (χ4v) is 6.46. The highest BCUT2D eigenvalue weighted by Gasteiger charge is 2.26. The molecule has 0 saturated heterocycles. The number of allylic oxidation sites excluding steroid dienone is 1. The van der Waals surface area contributed by atoms with E-state index in [2.05, 4.69) is 22.1 Å². The summed E-state index contributed by atoms with van der Waals surface area (Å²) >= 11 is 8.80. The maximum absolute atomic E-state index is 12.9. The van der Waals surface area contributed by atoms with Gasteiger partial charge in [-0.3, -0.25) is 4.79 Å². The first-order valence-electron chi connectivity index (χ1n) is 11.9. The van der Waals surface area contributed by atoms with Crippen molar-refractivity contribution in [1.29, 1.82) is 0 Å². The minimum atomic E-state index is -0.395. The zero-order valence-corrected chi connectivity index (χ0v) is 22.6. The quantitative estimate of drug-likeness (QED) is 0.204. The Morgan fingerprint density at radius 2 is 1.94 bits per heavy atom. The molecule has 0 radical (unpaired) electrons. The number of thiophene rings is 1. The minimum absolute atomic E-state index is 0.138. The van der Waals surface area contributed by atoms with E-state index in [1.807, 2.05) is 28.8 Å². The Labute approximate surface area is 224 Å². The number of fused-ring (bicyclic) bond motifs is 1. The zero-order chi connectivity index (χ0) is 25.5. The van der Waals surface area contributed by atoms with E-state index in [1.54, 1.807) is 6.08 Å². The topological polar surface area (TPSA) is 86.1 Å². The molecule has 0 spiro atoms. The van der Waals surface area contributed by atoms with Crippen molar-refractivity contribution in [2.24, 2.45) is 0 Å². The average Bonchev–Trinajstić information content (AvgIpc) is 3.39. The Hall–Kier alpha value is -2.62. The van der Waals surface area contributed by atoms with Crippen molar-refractivity contribution in [3.05, 3.63) is 69.3 Å². The molecule has 2 aromatic heterocycles. The van der Waals surface area contributed by atoms with Crippen molar-refractivity contribution in [2.45, 2.75) is 56.6 Å². The summed E-state index contributed by atoms with van der Waals surface area (Å²) in [5.41, 5.74) is 2.61. The summed E-state index contributed by atoms with van der Waals surface area (Å²) in [5, 5.41) is 13.5. The van der Waals surface area contributed by atoms with Gasteiger partial charge < -0.3 is 14.6 Å². The number of aromatic nitrogens is 3. The molecule has 1 amide bonds. The van der Waals surface area contributed by atoms with Gasteiger partial charge in [-0.1, -0.05) is 54.4 Å². The maximum Gasteiger partial charge on any atom is 0.341 e. The predicted molar refractivity (Wildman–Crippen MR) is 145 cm³/mol. The number of halogens is 1. The van der Waals surface area contributed by atoms with Crippen molar-refractivity contribution in [3.8, 4) is 0 Å². The standard InChI is InChI=1S/C26H29ClN4O3S2/c1-3-14-31-21(15-17-10-12-18(27)13-11-17)29-30-26(31)35-16-22(32)28-24-23(25(33)34-2)19-8-6-4-5-7-9-20(19)36-24/h3,10-13H,1,4-9,14-16H2,2H3,(H,28,32). The summed E-state index contributed by atoms with van der Waals surface area (Å²) in [4.78, 5) is 26.7. The molecule has 4 rings (SSSR count). The van der Waals surface area contributed by atoms with Crippen molar-refractivity contribution in [1.82, 2.24) is 14.8 Å². The molecule has 0 bridgehead atoms. The Kier molecular flexibility index (Phi) is 9.23. The summed E-state index contributed by atoms with van der Waals surface area (Å²) in [7, 11) is 1.38. The molecule has 0 aliphatic heterocycles. The molecule has 3 aromatic rings. The molecule has 1 aliphatic carbocycles. The van der Waals surface area contributed by atoms with Crippen LogP contribution in [-0.4, -0.2) is 39.5 Å². The third kappa shape index (κ3) is 6.38. The monoisotopic (exact) mass is 544 g/mol. The molecule has 0 saturated carbocycles. The first kappa shape index (κ1) is 26.4. The summed E-state index contributed by atoms with van der Waals surface area (Å²) in [6.45, 7) is 4.37. The molecular weight excluding hydrogens is 516 g/mol. The second-order valence-corrected chi connectivity index (χ2v) is 11.0. The number of aryl methyl sites for hydroxylation is 1. The van der Waals surface area contributed by atoms with Gasteiger partial charge in [-0.15, -0.1) is 28.1 Å². The highest BCUT2D eigenvalue weighted by Crippen LogP contribution is 2.37. The van der Waals surface area contributed by atoms with Crippen LogP contribution in [0.2, 0.25) is 5.02 Å². The van der Waals surface area contributed by atoms with Gasteiger partial charge in [0.1, 0.15) is 10.8 Å². The van der Waals surface area contributed by atoms with Crippen molar-refractivity contribution in [2.75, 3.05) is 18.2 Å². The Morgan fingerprint density at radius 3 is 2.67 bits per heavy atom. The van der Waals surface area contributed by atoms with Gasteiger partial charge in [0.15, 0.2) is 5.16 Å². The number of benzene rings is 1. The molecule has 2 heterocycles. The Morgan fingerprint density at radius 1 is 1.19 bits per heavy atom. The van der Waals surface area contributed by atoms with E-state index >= 15 is 0 Å². The van der Waals surface area contributed by atoms with Crippen LogP contribution in [0.4, 0.5) is 5.00 Å². The number of nitrogens with one attached hydrogen (secondary N) is 1. The normalized spacial score (nSPS) is 13.4. The Balaban J connectivity index is 1.47. The molecule has 0 fully saturated rings. The van der Waals surface area contributed by atoms with Crippen LogP contribution in [-0.2, 0) is 35.3 Å². The number of amides is 1. The van der Waals surface area contributed by atoms with Gasteiger partial charge in [0, 0.05) is 22.9 Å². The first-order chi connectivity index (χ1) is 17.5. The van der Waals surface area contributed by atoms with Gasteiger partial charge in [-0.05, 0) is 48.9 Å². The zero-order valence-electron chi connectivity index (χ0n) is 20.2. The third-order valence-corrected chi connectivity index (χ3v) is 8.45. The lowest BCUT2D eigenvalue weighted by Crippen LogP contribution is -2.17. The van der Waals surface area contributed by atoms with Crippen LogP contribution in [0.3, 0.4) is 0 Å². The molecule has 7 nitrogen and oxygen atoms in total. The number of esters is 1. The summed E-state index contributed by atoms with van der Waals surface area (Å²) in [6, 6.07) is 7.61. The fourth-order valence-electron chi connectivity index (χ4n) is 4.27. The number of anilines is 1. The number of hydrogen-bond donors (Lipinski definition) is 1. The molecular formula is C26H29ClN4O3S2. The Bertz CT molecular complexity index is 1240. The lowest BCUT2D eigenvalue weighted by Gasteiger charge is -2.11. The molecule has 10 heteroatoms. The van der Waals surface area contributed by atoms with E-state index < -0.39 is 5.97 Å². The molecule has 190 valence electrons. The number of rotatable bonds is 9. The van der Waals surface area contributed by atoms with E-state index in [-0.39, 0.29) is 11.7 Å². The smallest absolute Gasteiger partial charge is 0.341 e. The van der Waals surface area contributed by atoms with Gasteiger partial charge in [0.25, 0.3) is 0 Å². The van der Waals surface area contributed by atoms with E-state index in [0.29, 0.717) is 33.7 Å². The van der Waals surface area contributed by atoms with Gasteiger partial charge in [0.2, 0.25) is 5.91 Å². The lowest BCUT2D eigenvalue weighted by molar-refractivity contribution is -0.113. The van der Waals surface area contributed by atoms with Gasteiger partial charge in [0.05, 0.1) is 18.4 Å². The van der Waals surface area contributed by atoms with E-state index in [9.17, 15) is 9.59 Å². The molecule has 0 atom stereocenters. The summed E-state index contributed by atoms with van der Waals surface area (Å²) in [6.07, 6.45) is 8.60. The number of hydrogen-bond acceptors (Lipinski definition) is 7. The largest absolute Gasteiger partial charge is 0.465 e. The number of nitrogens with zero attached hydrogens (tertiary/aromatic N) is 3. The lowest BCUT2D eigenvalue weighted by atomic mass is 9.96. The second-order valence-electron chi connectivity index (χ2n) is 8.55. The number of carbonyl (C=O) groups is 2. The van der Waals surface area contributed by atoms with Crippen molar-refractivity contribution >= 4 is 51.6 Å². The van der Waals surface area contributed by atoms with E-state index in [0.717, 1.165) is 49.1 Å². The molecule has 1 aliphatic rings. The first-order valence-corrected chi connectivity index (χ1v) is 14.1. The summed E-state index contributed by atoms with van der Waals surface area (Å²) in [5.74, 6) is 0.325. The van der Waals surface area contributed by atoms with Crippen LogP contribution in [0.1, 0.15) is 57.9 Å². The molecule has 36 heavy (non-hydrogen) atoms. The SMILES string of the molecule is C=CCn1c(Cc2ccc(Cl)cc2)nnc1SCC(=O)Nc1sc2c(c1C(=O)OC)CCCCCC2. The van der Waals surface area contributed by atoms with Crippen molar-refractivity contribution in [3.63, 3.8) is 0 Å². The second kappa shape index (κ2) is 12.6. The minimum Gasteiger partial charge on any atom is -0.465 e. The van der Waals surface area contributed by atoms with Crippen LogP contribution in [0.25, 0.3) is 0 Å². The number of methoxy groups -OCH3 is 1. The van der Waals surface area contributed by atoms with Crippen LogP contribution in [0.15, 0.2) is 42.1 Å². The van der Waals surface area contributed by atoms with Crippen molar-refractivity contribution < 1.29 is 14.3 Å².